The van der Waals surface area contributed by atoms with E-state index < -0.39 is 5.97 Å². The van der Waals surface area contributed by atoms with Crippen LogP contribution in [0.5, 0.6) is 0 Å². The molecule has 2 N–H and O–H groups in total. The number of hydrogen-bond donors (Lipinski definition) is 2. The number of hydrogen-bond acceptors (Lipinski definition) is 4. The van der Waals surface area contributed by atoms with E-state index in [9.17, 15) is 14.4 Å². The highest BCUT2D eigenvalue weighted by molar-refractivity contribution is 5.97. The average Bonchev–Trinajstić information content (AvgIpc) is 2.84. The summed E-state index contributed by atoms with van der Waals surface area (Å²) in [5, 5.41) is 12.0. The van der Waals surface area contributed by atoms with Crippen molar-refractivity contribution >= 4 is 22.8 Å². The molecule has 0 saturated carbocycles. The summed E-state index contributed by atoms with van der Waals surface area (Å²) < 4.78 is 1.75. The van der Waals surface area contributed by atoms with E-state index in [2.05, 4.69) is 10.3 Å². The number of aliphatic carboxylic acids is 1. The fraction of sp³-hybridized carbons (Fsp3) is 0.474. The normalized spacial score (nSPS) is 15.1. The lowest BCUT2D eigenvalue weighted by molar-refractivity contribution is -0.137. The Morgan fingerprint density at radius 1 is 1.31 bits per heavy atom. The zero-order valence-electron chi connectivity index (χ0n) is 14.8. The summed E-state index contributed by atoms with van der Waals surface area (Å²) in [6, 6.07) is 4.91. The number of carbonyl (C=O) groups excluding carboxylic acids is 1. The maximum atomic E-state index is 12.7. The number of nitrogens with zero attached hydrogens (tertiary/aromatic N) is 2. The number of aryl methyl sites for hydroxylation is 1. The van der Waals surface area contributed by atoms with Crippen LogP contribution < -0.4 is 10.9 Å². The Balaban J connectivity index is 1.83. The molecule has 0 bridgehead atoms. The first-order valence-electron chi connectivity index (χ1n) is 8.99. The molecule has 0 fully saturated rings. The SMILES string of the molecule is CC(CNC(=O)c1ccc2c(=O)n3c(nc2c1)CCCCC3)CC(=O)O. The highest BCUT2D eigenvalue weighted by Gasteiger charge is 2.16. The van der Waals surface area contributed by atoms with Crippen LogP contribution in [-0.4, -0.2) is 33.1 Å². The predicted octanol–water partition coefficient (Wildman–Crippen LogP) is 1.96. The lowest BCUT2D eigenvalue weighted by Crippen LogP contribution is -2.29. The van der Waals surface area contributed by atoms with E-state index in [1.165, 1.54) is 0 Å². The van der Waals surface area contributed by atoms with E-state index in [0.29, 0.717) is 23.0 Å². The monoisotopic (exact) mass is 357 g/mol. The van der Waals surface area contributed by atoms with Crippen molar-refractivity contribution < 1.29 is 14.7 Å². The van der Waals surface area contributed by atoms with E-state index in [1.807, 2.05) is 0 Å². The van der Waals surface area contributed by atoms with Crippen LogP contribution in [0.25, 0.3) is 10.9 Å². The summed E-state index contributed by atoms with van der Waals surface area (Å²) >= 11 is 0. The van der Waals surface area contributed by atoms with Gasteiger partial charge in [-0.15, -0.1) is 0 Å². The second-order valence-electron chi connectivity index (χ2n) is 6.94. The Kier molecular flexibility index (Phi) is 5.35. The summed E-state index contributed by atoms with van der Waals surface area (Å²) in [7, 11) is 0. The maximum absolute atomic E-state index is 12.7. The van der Waals surface area contributed by atoms with Gasteiger partial charge in [0.15, 0.2) is 0 Å². The lowest BCUT2D eigenvalue weighted by Gasteiger charge is -2.12. The van der Waals surface area contributed by atoms with Gasteiger partial charge in [0.05, 0.1) is 10.9 Å². The van der Waals surface area contributed by atoms with Crippen molar-refractivity contribution in [2.24, 2.45) is 5.92 Å². The van der Waals surface area contributed by atoms with Crippen LogP contribution >= 0.6 is 0 Å². The highest BCUT2D eigenvalue weighted by atomic mass is 16.4. The van der Waals surface area contributed by atoms with Crippen molar-refractivity contribution in [1.29, 1.82) is 0 Å². The predicted molar refractivity (Wildman–Crippen MR) is 97.3 cm³/mol. The van der Waals surface area contributed by atoms with E-state index >= 15 is 0 Å². The molecule has 1 amide bonds. The number of amides is 1. The first-order chi connectivity index (χ1) is 12.5. The van der Waals surface area contributed by atoms with Crippen LogP contribution in [0.1, 0.15) is 48.8 Å². The van der Waals surface area contributed by atoms with Crippen LogP contribution in [0.3, 0.4) is 0 Å². The van der Waals surface area contributed by atoms with Crippen LogP contribution in [0.15, 0.2) is 23.0 Å². The average molecular weight is 357 g/mol. The molecule has 7 heteroatoms. The number of carbonyl (C=O) groups is 2. The number of rotatable bonds is 5. The third kappa shape index (κ3) is 3.92. The molecule has 138 valence electrons. The van der Waals surface area contributed by atoms with Gasteiger partial charge in [0.2, 0.25) is 0 Å². The van der Waals surface area contributed by atoms with Gasteiger partial charge in [0.25, 0.3) is 11.5 Å². The van der Waals surface area contributed by atoms with Crippen LogP contribution in [0, 0.1) is 5.92 Å². The zero-order valence-corrected chi connectivity index (χ0v) is 14.8. The molecule has 1 unspecified atom stereocenters. The molecule has 1 aliphatic rings. The fourth-order valence-corrected chi connectivity index (χ4v) is 3.30. The Bertz CT molecular complexity index is 904. The van der Waals surface area contributed by atoms with Crippen molar-refractivity contribution in [3.8, 4) is 0 Å². The molecule has 1 aromatic heterocycles. The minimum Gasteiger partial charge on any atom is -0.481 e. The molecule has 7 nitrogen and oxygen atoms in total. The maximum Gasteiger partial charge on any atom is 0.303 e. The number of carboxylic acids is 1. The molecule has 0 saturated heterocycles. The van der Waals surface area contributed by atoms with Crippen molar-refractivity contribution in [1.82, 2.24) is 14.9 Å². The fourth-order valence-electron chi connectivity index (χ4n) is 3.30. The third-order valence-electron chi connectivity index (χ3n) is 4.71. The molecule has 1 aromatic carbocycles. The van der Waals surface area contributed by atoms with Crippen molar-refractivity contribution in [2.75, 3.05) is 6.54 Å². The van der Waals surface area contributed by atoms with Gasteiger partial charge in [-0.2, -0.15) is 0 Å². The summed E-state index contributed by atoms with van der Waals surface area (Å²) in [6.45, 7) is 2.75. The molecule has 26 heavy (non-hydrogen) atoms. The Morgan fingerprint density at radius 2 is 2.12 bits per heavy atom. The second kappa shape index (κ2) is 7.68. The van der Waals surface area contributed by atoms with E-state index in [1.54, 1.807) is 29.7 Å². The van der Waals surface area contributed by atoms with Crippen LogP contribution in [0.4, 0.5) is 0 Å². The van der Waals surface area contributed by atoms with E-state index in [4.69, 9.17) is 5.11 Å². The van der Waals surface area contributed by atoms with Crippen LogP contribution in [0.2, 0.25) is 0 Å². The molecule has 2 aromatic rings. The topological polar surface area (TPSA) is 101 Å². The van der Waals surface area contributed by atoms with Crippen molar-refractivity contribution in [2.45, 2.75) is 45.6 Å². The van der Waals surface area contributed by atoms with E-state index in [0.717, 1.165) is 31.5 Å². The Hall–Kier alpha value is -2.70. The molecular weight excluding hydrogens is 334 g/mol. The second-order valence-corrected chi connectivity index (χ2v) is 6.94. The third-order valence-corrected chi connectivity index (χ3v) is 4.71. The summed E-state index contributed by atoms with van der Waals surface area (Å²) in [6.07, 6.45) is 3.85. The quantitative estimate of drug-likeness (QED) is 0.852. The molecule has 1 aliphatic heterocycles. The van der Waals surface area contributed by atoms with Gasteiger partial charge in [0, 0.05) is 31.5 Å². The van der Waals surface area contributed by atoms with Gasteiger partial charge in [-0.25, -0.2) is 4.98 Å². The van der Waals surface area contributed by atoms with Gasteiger partial charge in [-0.1, -0.05) is 13.3 Å². The molecule has 1 atom stereocenters. The van der Waals surface area contributed by atoms with Crippen molar-refractivity contribution in [3.63, 3.8) is 0 Å². The molecule has 3 rings (SSSR count). The van der Waals surface area contributed by atoms with Crippen molar-refractivity contribution in [3.05, 3.63) is 39.9 Å². The van der Waals surface area contributed by atoms with E-state index in [-0.39, 0.29) is 30.3 Å². The standard InChI is InChI=1S/C19H23N3O4/c1-12(9-17(23)24)11-20-18(25)13-6-7-14-15(10-13)21-16-5-3-2-4-8-22(16)19(14)26/h6-7,10,12H,2-5,8-9,11H2,1H3,(H,20,25)(H,23,24). The first-order valence-corrected chi connectivity index (χ1v) is 8.99. The lowest BCUT2D eigenvalue weighted by atomic mass is 10.1. The minimum atomic E-state index is -0.886. The molecule has 0 spiro atoms. The summed E-state index contributed by atoms with van der Waals surface area (Å²) in [4.78, 5) is 40.3. The van der Waals surface area contributed by atoms with Gasteiger partial charge in [0.1, 0.15) is 5.82 Å². The minimum absolute atomic E-state index is 0.00244. The highest BCUT2D eigenvalue weighted by Crippen LogP contribution is 2.16. The Labute approximate surface area is 151 Å². The number of aromatic nitrogens is 2. The molecule has 2 heterocycles. The number of fused-ring (bicyclic) bond motifs is 2. The van der Waals surface area contributed by atoms with Gasteiger partial charge in [-0.3, -0.25) is 19.0 Å². The number of benzene rings is 1. The molecule has 0 aliphatic carbocycles. The van der Waals surface area contributed by atoms with Crippen LogP contribution in [-0.2, 0) is 17.8 Å². The summed E-state index contributed by atoms with van der Waals surface area (Å²) in [5.41, 5.74) is 0.911. The smallest absolute Gasteiger partial charge is 0.303 e. The number of carboxylic acid groups (broad SMARTS) is 1. The number of nitrogens with one attached hydrogen (secondary N) is 1. The first kappa shape index (κ1) is 18.1. The van der Waals surface area contributed by atoms with Gasteiger partial charge >= 0.3 is 5.97 Å². The molecule has 0 radical (unpaired) electrons. The zero-order chi connectivity index (χ0) is 18.7. The molecular formula is C19H23N3O4. The van der Waals surface area contributed by atoms with Gasteiger partial charge in [-0.05, 0) is 37.0 Å². The summed E-state index contributed by atoms with van der Waals surface area (Å²) in [5.74, 6) is -0.549. The van der Waals surface area contributed by atoms with Gasteiger partial charge < -0.3 is 10.4 Å². The Morgan fingerprint density at radius 3 is 2.88 bits per heavy atom. The largest absolute Gasteiger partial charge is 0.481 e.